The van der Waals surface area contributed by atoms with E-state index in [9.17, 15) is 0 Å². The molecule has 2 fully saturated rings. The van der Waals surface area contributed by atoms with Gasteiger partial charge in [-0.2, -0.15) is 0 Å². The van der Waals surface area contributed by atoms with Crippen molar-refractivity contribution in [2.45, 2.75) is 24.6 Å². The number of aliphatic hydroxyl groups excluding tert-OH is 1. The van der Waals surface area contributed by atoms with Gasteiger partial charge < -0.3 is 19.3 Å². The second-order valence-corrected chi connectivity index (χ2v) is 2.53. The molecule has 0 radical (unpaired) electrons. The van der Waals surface area contributed by atoms with Gasteiger partial charge in [-0.15, -0.1) is 0 Å². The summed E-state index contributed by atoms with van der Waals surface area (Å²) in [7, 11) is 1.57. The predicted molar refractivity (Wildman–Crippen MR) is 31.4 cm³/mol. The summed E-state index contributed by atoms with van der Waals surface area (Å²) in [5.74, 6) is 0. The Kier molecular flexibility index (Phi) is 1.42. The lowest BCUT2D eigenvalue weighted by Gasteiger charge is -2.13. The van der Waals surface area contributed by atoms with Crippen molar-refractivity contribution in [1.29, 1.82) is 0 Å². The maximum atomic E-state index is 8.72. The number of methoxy groups -OCH3 is 1. The summed E-state index contributed by atoms with van der Waals surface area (Å²) in [5.41, 5.74) is 0. The fraction of sp³-hybridized carbons (Fsp3) is 1.00. The molecule has 1 N–H and O–H groups in total. The minimum Gasteiger partial charge on any atom is -0.394 e. The Bertz CT molecular complexity index is 124. The third-order valence-corrected chi connectivity index (χ3v) is 1.92. The van der Waals surface area contributed by atoms with Crippen LogP contribution in [0, 0.1) is 0 Å². The van der Waals surface area contributed by atoms with Crippen LogP contribution in [0.1, 0.15) is 0 Å². The van der Waals surface area contributed by atoms with Crippen molar-refractivity contribution in [3.05, 3.63) is 0 Å². The molecule has 2 aliphatic heterocycles. The van der Waals surface area contributed by atoms with E-state index >= 15 is 0 Å². The van der Waals surface area contributed by atoms with Crippen LogP contribution in [-0.2, 0) is 14.2 Å². The lowest BCUT2D eigenvalue weighted by Crippen LogP contribution is -2.23. The molecule has 0 aliphatic carbocycles. The number of aliphatic hydroxyl groups is 1. The van der Waals surface area contributed by atoms with Gasteiger partial charge in [-0.3, -0.25) is 0 Å². The highest BCUT2D eigenvalue weighted by molar-refractivity contribution is 4.99. The van der Waals surface area contributed by atoms with Crippen LogP contribution in [0.3, 0.4) is 0 Å². The second kappa shape index (κ2) is 2.17. The highest BCUT2D eigenvalue weighted by Gasteiger charge is 2.58. The first kappa shape index (κ1) is 6.54. The Hall–Kier alpha value is -0.160. The summed E-state index contributed by atoms with van der Waals surface area (Å²) in [5, 5.41) is 8.72. The van der Waals surface area contributed by atoms with Crippen molar-refractivity contribution in [1.82, 2.24) is 0 Å². The van der Waals surface area contributed by atoms with Crippen LogP contribution in [0.2, 0.25) is 0 Å². The fourth-order valence-corrected chi connectivity index (χ4v) is 1.32. The zero-order chi connectivity index (χ0) is 7.14. The fourth-order valence-electron chi connectivity index (χ4n) is 1.32. The number of epoxide rings is 1. The van der Waals surface area contributed by atoms with Crippen LogP contribution in [0.5, 0.6) is 0 Å². The van der Waals surface area contributed by atoms with E-state index in [1.165, 1.54) is 0 Å². The molecule has 0 aromatic rings. The molecular weight excluding hydrogens is 136 g/mol. The summed E-state index contributed by atoms with van der Waals surface area (Å²) >= 11 is 0. The monoisotopic (exact) mass is 146 g/mol. The van der Waals surface area contributed by atoms with Crippen LogP contribution >= 0.6 is 0 Å². The summed E-state index contributed by atoms with van der Waals surface area (Å²) in [6.07, 6.45) is -0.283. The Morgan fingerprint density at radius 3 is 2.60 bits per heavy atom. The normalized spacial score (nSPS) is 51.0. The minimum atomic E-state index is -0.262. The van der Waals surface area contributed by atoms with Crippen LogP contribution in [0.4, 0.5) is 0 Å². The molecule has 0 bridgehead atoms. The van der Waals surface area contributed by atoms with E-state index < -0.39 is 0 Å². The summed E-state index contributed by atoms with van der Waals surface area (Å²) in [4.78, 5) is 0. The molecule has 0 spiro atoms. The van der Waals surface area contributed by atoms with Gasteiger partial charge in [0.2, 0.25) is 0 Å². The molecule has 2 rings (SSSR count). The van der Waals surface area contributed by atoms with Gasteiger partial charge in [-0.05, 0) is 0 Å². The molecule has 0 amide bonds. The number of ether oxygens (including phenoxy) is 3. The molecule has 2 saturated heterocycles. The van der Waals surface area contributed by atoms with E-state index in [4.69, 9.17) is 19.3 Å². The van der Waals surface area contributed by atoms with E-state index in [0.717, 1.165) is 0 Å². The molecule has 2 heterocycles. The van der Waals surface area contributed by atoms with Crippen LogP contribution in [0.15, 0.2) is 0 Å². The molecule has 4 nitrogen and oxygen atoms in total. The van der Waals surface area contributed by atoms with Gasteiger partial charge in [0.1, 0.15) is 18.3 Å². The van der Waals surface area contributed by atoms with Gasteiger partial charge in [0.25, 0.3) is 0 Å². The molecular formula is C6H10O4. The third kappa shape index (κ3) is 0.769. The lowest BCUT2D eigenvalue weighted by atomic mass is 10.2. The Balaban J connectivity index is 1.95. The average molecular weight is 146 g/mol. The molecule has 0 aromatic carbocycles. The molecule has 58 valence electrons. The molecule has 4 heteroatoms. The van der Waals surface area contributed by atoms with Gasteiger partial charge in [0, 0.05) is 7.11 Å². The highest BCUT2D eigenvalue weighted by atomic mass is 16.8. The van der Waals surface area contributed by atoms with E-state index in [0.29, 0.717) is 0 Å². The van der Waals surface area contributed by atoms with Gasteiger partial charge in [-0.1, -0.05) is 0 Å². The number of hydrogen-bond acceptors (Lipinski definition) is 4. The zero-order valence-electron chi connectivity index (χ0n) is 5.69. The highest BCUT2D eigenvalue weighted by Crippen LogP contribution is 2.38. The molecule has 0 aromatic heterocycles. The average Bonchev–Trinajstić information content (AvgIpc) is 2.67. The summed E-state index contributed by atoms with van der Waals surface area (Å²) < 4.78 is 15.3. The van der Waals surface area contributed by atoms with Gasteiger partial charge in [0.15, 0.2) is 6.29 Å². The van der Waals surface area contributed by atoms with E-state index in [1.807, 2.05) is 0 Å². The lowest BCUT2D eigenvalue weighted by molar-refractivity contribution is -0.166. The van der Waals surface area contributed by atoms with Crippen LogP contribution in [-0.4, -0.2) is 43.4 Å². The van der Waals surface area contributed by atoms with Gasteiger partial charge in [0.05, 0.1) is 6.61 Å². The summed E-state index contributed by atoms with van der Waals surface area (Å²) in [6, 6.07) is 0. The first-order valence-corrected chi connectivity index (χ1v) is 3.31. The first-order chi connectivity index (χ1) is 4.86. The standard InChI is InChI=1S/C6H10O4/c1-8-6-5-4(10-5)3(2-7)9-6/h3-7H,2H2,1H3/t3-,4-,5+,6-/m1/s1. The van der Waals surface area contributed by atoms with Crippen LogP contribution < -0.4 is 0 Å². The second-order valence-electron chi connectivity index (χ2n) is 2.53. The smallest absolute Gasteiger partial charge is 0.186 e. The van der Waals surface area contributed by atoms with Crippen LogP contribution in [0.25, 0.3) is 0 Å². The van der Waals surface area contributed by atoms with Crippen molar-refractivity contribution in [3.8, 4) is 0 Å². The van der Waals surface area contributed by atoms with Crippen molar-refractivity contribution < 1.29 is 19.3 Å². The molecule has 10 heavy (non-hydrogen) atoms. The quantitative estimate of drug-likeness (QED) is 0.514. The Morgan fingerprint density at radius 1 is 1.40 bits per heavy atom. The van der Waals surface area contributed by atoms with Gasteiger partial charge in [-0.25, -0.2) is 0 Å². The maximum absolute atomic E-state index is 8.72. The van der Waals surface area contributed by atoms with Crippen molar-refractivity contribution in [2.75, 3.05) is 13.7 Å². The van der Waals surface area contributed by atoms with Crippen molar-refractivity contribution in [2.24, 2.45) is 0 Å². The topological polar surface area (TPSA) is 51.2 Å². The Labute approximate surface area is 58.7 Å². The predicted octanol–water partition coefficient (Wildman–Crippen LogP) is -0.883. The zero-order valence-corrected chi connectivity index (χ0v) is 5.69. The third-order valence-electron chi connectivity index (χ3n) is 1.92. The SMILES string of the molecule is CO[C@@H]1O[C@H](CO)[C@H]2O[C@H]12. The van der Waals surface area contributed by atoms with E-state index in [-0.39, 0.29) is 31.2 Å². The maximum Gasteiger partial charge on any atom is 0.186 e. The molecule has 0 unspecified atom stereocenters. The number of rotatable bonds is 2. The molecule has 0 saturated carbocycles. The van der Waals surface area contributed by atoms with Crippen molar-refractivity contribution in [3.63, 3.8) is 0 Å². The minimum absolute atomic E-state index is 0.0149. The molecule has 4 atom stereocenters. The largest absolute Gasteiger partial charge is 0.394 e. The number of fused-ring (bicyclic) bond motifs is 1. The first-order valence-electron chi connectivity index (χ1n) is 3.31. The number of hydrogen-bond donors (Lipinski definition) is 1. The Morgan fingerprint density at radius 2 is 2.20 bits per heavy atom. The van der Waals surface area contributed by atoms with Gasteiger partial charge >= 0.3 is 0 Å². The van der Waals surface area contributed by atoms with E-state index in [2.05, 4.69) is 0 Å². The van der Waals surface area contributed by atoms with E-state index in [1.54, 1.807) is 7.11 Å². The molecule has 2 aliphatic rings. The van der Waals surface area contributed by atoms with Crippen molar-refractivity contribution >= 4 is 0 Å². The summed E-state index contributed by atoms with van der Waals surface area (Å²) in [6.45, 7) is 0.0149.